The average Bonchev–Trinajstić information content (AvgIpc) is 2.56. The van der Waals surface area contributed by atoms with Crippen molar-refractivity contribution >= 4 is 5.97 Å². The van der Waals surface area contributed by atoms with Gasteiger partial charge in [0, 0.05) is 39.8 Å². The Hall–Kier alpha value is -1.63. The lowest BCUT2D eigenvalue weighted by atomic mass is 9.94. The quantitative estimate of drug-likeness (QED) is 0.818. The first-order chi connectivity index (χ1) is 11.5. The number of rotatable bonds is 7. The van der Waals surface area contributed by atoms with Gasteiger partial charge in [0.15, 0.2) is 0 Å². The number of carbonyl (C=O) groups is 1. The summed E-state index contributed by atoms with van der Waals surface area (Å²) in [6.45, 7) is 8.72. The van der Waals surface area contributed by atoms with Crippen LogP contribution in [-0.2, 0) is 9.53 Å². The molecule has 0 aliphatic carbocycles. The van der Waals surface area contributed by atoms with Crippen LogP contribution in [0.2, 0.25) is 0 Å². The van der Waals surface area contributed by atoms with Gasteiger partial charge in [0.1, 0.15) is 11.8 Å². The molecule has 0 aromatic heterocycles. The molecule has 0 spiro atoms. The summed E-state index contributed by atoms with van der Waals surface area (Å²) in [6.07, 6.45) is 0. The van der Waals surface area contributed by atoms with Crippen molar-refractivity contribution in [1.82, 2.24) is 9.80 Å². The van der Waals surface area contributed by atoms with Crippen molar-refractivity contribution < 1.29 is 19.4 Å². The van der Waals surface area contributed by atoms with Crippen LogP contribution in [-0.4, -0.2) is 74.4 Å². The van der Waals surface area contributed by atoms with Crippen molar-refractivity contribution in [1.29, 1.82) is 0 Å². The molecule has 0 saturated carbocycles. The van der Waals surface area contributed by atoms with E-state index in [2.05, 4.69) is 9.80 Å². The van der Waals surface area contributed by atoms with Crippen molar-refractivity contribution in [3.05, 3.63) is 28.8 Å². The lowest BCUT2D eigenvalue weighted by Crippen LogP contribution is -2.50. The smallest absolute Gasteiger partial charge is 0.325 e. The second-order valence-corrected chi connectivity index (χ2v) is 6.29. The third-order valence-corrected chi connectivity index (χ3v) is 4.69. The largest absolute Gasteiger partial charge is 0.497 e. The van der Waals surface area contributed by atoms with Gasteiger partial charge >= 0.3 is 5.97 Å². The minimum atomic E-state index is -0.795. The van der Waals surface area contributed by atoms with Crippen LogP contribution in [0.4, 0.5) is 0 Å². The number of carboxylic acids is 1. The van der Waals surface area contributed by atoms with E-state index >= 15 is 0 Å². The van der Waals surface area contributed by atoms with Crippen LogP contribution < -0.4 is 4.74 Å². The first kappa shape index (κ1) is 18.7. The highest BCUT2D eigenvalue weighted by atomic mass is 16.5. The van der Waals surface area contributed by atoms with Crippen molar-refractivity contribution in [2.45, 2.75) is 19.9 Å². The Labute approximate surface area is 144 Å². The molecule has 0 amide bonds. The monoisotopic (exact) mass is 336 g/mol. The van der Waals surface area contributed by atoms with Crippen LogP contribution in [0, 0.1) is 13.8 Å². The number of methoxy groups -OCH3 is 2. The highest BCUT2D eigenvalue weighted by Gasteiger charge is 2.32. The number of nitrogens with zero attached hydrogens (tertiary/aromatic N) is 2. The summed E-state index contributed by atoms with van der Waals surface area (Å²) in [5, 5.41) is 9.86. The van der Waals surface area contributed by atoms with Gasteiger partial charge < -0.3 is 14.6 Å². The van der Waals surface area contributed by atoms with Gasteiger partial charge in [0.2, 0.25) is 0 Å². The Morgan fingerprint density at radius 3 is 2.21 bits per heavy atom. The molecule has 2 rings (SSSR count). The normalized spacial score (nSPS) is 17.7. The Balaban J connectivity index is 2.18. The Morgan fingerprint density at radius 1 is 1.17 bits per heavy atom. The van der Waals surface area contributed by atoms with E-state index in [0.29, 0.717) is 6.61 Å². The minimum Gasteiger partial charge on any atom is -0.497 e. The minimum absolute atomic E-state index is 0.611. The van der Waals surface area contributed by atoms with Crippen LogP contribution in [0.15, 0.2) is 12.1 Å². The third kappa shape index (κ3) is 4.26. The van der Waals surface area contributed by atoms with Crippen molar-refractivity contribution in [3.8, 4) is 5.75 Å². The number of aliphatic carboxylic acids is 1. The van der Waals surface area contributed by atoms with Gasteiger partial charge in [-0.1, -0.05) is 0 Å². The fourth-order valence-electron chi connectivity index (χ4n) is 3.41. The summed E-state index contributed by atoms with van der Waals surface area (Å²) in [7, 11) is 3.33. The molecule has 1 unspecified atom stereocenters. The van der Waals surface area contributed by atoms with Crippen molar-refractivity contribution in [3.63, 3.8) is 0 Å². The third-order valence-electron chi connectivity index (χ3n) is 4.69. The predicted molar refractivity (Wildman–Crippen MR) is 92.7 cm³/mol. The molecule has 1 aliphatic heterocycles. The zero-order valence-corrected chi connectivity index (χ0v) is 15.0. The summed E-state index contributed by atoms with van der Waals surface area (Å²) in [6, 6.07) is 3.21. The van der Waals surface area contributed by atoms with Gasteiger partial charge in [-0.2, -0.15) is 0 Å². The average molecular weight is 336 g/mol. The molecule has 1 heterocycles. The van der Waals surface area contributed by atoms with Crippen LogP contribution in [0.25, 0.3) is 0 Å². The molecule has 6 nitrogen and oxygen atoms in total. The number of piperazine rings is 1. The standard InChI is InChI=1S/C18H28N2O4/c1-13-11-15(24-4)12-14(2)16(13)17(18(21)22)20-7-5-19(6-8-20)9-10-23-3/h11-12,17H,5-10H2,1-4H3,(H,21,22). The van der Waals surface area contributed by atoms with E-state index < -0.39 is 12.0 Å². The molecule has 1 atom stereocenters. The van der Waals surface area contributed by atoms with Crippen molar-refractivity contribution in [2.24, 2.45) is 0 Å². The second kappa shape index (κ2) is 8.46. The number of hydrogen-bond acceptors (Lipinski definition) is 5. The van der Waals surface area contributed by atoms with Gasteiger partial charge in [-0.3, -0.25) is 14.6 Å². The highest BCUT2D eigenvalue weighted by Crippen LogP contribution is 2.31. The number of carboxylic acid groups (broad SMARTS) is 1. The first-order valence-electron chi connectivity index (χ1n) is 8.31. The number of hydrogen-bond donors (Lipinski definition) is 1. The lowest BCUT2D eigenvalue weighted by molar-refractivity contribution is -0.144. The van der Waals surface area contributed by atoms with E-state index in [1.807, 2.05) is 26.0 Å². The van der Waals surface area contributed by atoms with E-state index in [1.54, 1.807) is 14.2 Å². The van der Waals surface area contributed by atoms with Crippen LogP contribution in [0.5, 0.6) is 5.75 Å². The maximum atomic E-state index is 12.0. The molecule has 134 valence electrons. The van der Waals surface area contributed by atoms with Crippen molar-refractivity contribution in [2.75, 3.05) is 53.6 Å². The maximum absolute atomic E-state index is 12.0. The highest BCUT2D eigenvalue weighted by molar-refractivity contribution is 5.77. The zero-order valence-electron chi connectivity index (χ0n) is 15.0. The molecule has 6 heteroatoms. The van der Waals surface area contributed by atoms with E-state index in [0.717, 1.165) is 55.2 Å². The Morgan fingerprint density at radius 2 is 1.75 bits per heavy atom. The van der Waals surface area contributed by atoms with Gasteiger partial charge in [-0.25, -0.2) is 0 Å². The van der Waals surface area contributed by atoms with Crippen LogP contribution >= 0.6 is 0 Å². The summed E-state index contributed by atoms with van der Waals surface area (Å²) in [5.74, 6) is -0.0287. The SMILES string of the molecule is COCCN1CCN(C(C(=O)O)c2c(C)cc(OC)cc2C)CC1. The van der Waals surface area contributed by atoms with E-state index in [4.69, 9.17) is 9.47 Å². The Bertz CT molecular complexity index is 545. The molecule has 1 N–H and O–H groups in total. The second-order valence-electron chi connectivity index (χ2n) is 6.29. The summed E-state index contributed by atoms with van der Waals surface area (Å²) < 4.78 is 10.4. The molecule has 1 aromatic carbocycles. The molecule has 0 bridgehead atoms. The summed E-state index contributed by atoms with van der Waals surface area (Å²) >= 11 is 0. The fraction of sp³-hybridized carbons (Fsp3) is 0.611. The molecule has 1 aliphatic rings. The summed E-state index contributed by atoms with van der Waals surface area (Å²) in [5.41, 5.74) is 2.80. The molecular formula is C18H28N2O4. The Kier molecular flexibility index (Phi) is 6.60. The van der Waals surface area contributed by atoms with E-state index in [9.17, 15) is 9.90 Å². The van der Waals surface area contributed by atoms with Gasteiger partial charge in [0.05, 0.1) is 13.7 Å². The van der Waals surface area contributed by atoms with E-state index in [1.165, 1.54) is 0 Å². The van der Waals surface area contributed by atoms with E-state index in [-0.39, 0.29) is 0 Å². The van der Waals surface area contributed by atoms with Gasteiger partial charge in [-0.15, -0.1) is 0 Å². The van der Waals surface area contributed by atoms with Gasteiger partial charge in [-0.05, 0) is 42.7 Å². The molecule has 1 aromatic rings. The fourth-order valence-corrected chi connectivity index (χ4v) is 3.41. The number of ether oxygens (including phenoxy) is 2. The maximum Gasteiger partial charge on any atom is 0.325 e. The van der Waals surface area contributed by atoms with Gasteiger partial charge in [0.25, 0.3) is 0 Å². The molecular weight excluding hydrogens is 308 g/mol. The van der Waals surface area contributed by atoms with Crippen LogP contribution in [0.3, 0.4) is 0 Å². The molecule has 1 saturated heterocycles. The molecule has 24 heavy (non-hydrogen) atoms. The topological polar surface area (TPSA) is 62.2 Å². The number of benzene rings is 1. The molecule has 0 radical (unpaired) electrons. The zero-order chi connectivity index (χ0) is 17.7. The van der Waals surface area contributed by atoms with Crippen LogP contribution in [0.1, 0.15) is 22.7 Å². The summed E-state index contributed by atoms with van der Waals surface area (Å²) in [4.78, 5) is 16.4. The first-order valence-corrected chi connectivity index (χ1v) is 8.31. The number of aryl methyl sites for hydroxylation is 2. The molecule has 1 fully saturated rings. The predicted octanol–water partition coefficient (Wildman–Crippen LogP) is 1.70. The lowest BCUT2D eigenvalue weighted by Gasteiger charge is -2.38.